The normalized spacial score (nSPS) is 14.0. The zero-order valence-electron chi connectivity index (χ0n) is 48.2. The number of carbonyl (C=O) groups excluding carboxylic acids is 3. The molecule has 0 aliphatic heterocycles. The number of phosphoric ester groups is 1. The molecule has 3 unspecified atom stereocenters. The number of allylic oxidation sites excluding steroid dienone is 16. The molecule has 11 nitrogen and oxygen atoms in total. The number of phosphoric acid groups is 1. The Bertz CT molecular complexity index is 1640. The summed E-state index contributed by atoms with van der Waals surface area (Å²) in [5, 5.41) is 9.83. The fourth-order valence-electron chi connectivity index (χ4n) is 7.99. The average Bonchev–Trinajstić information content (AvgIpc) is 3.41. The van der Waals surface area contributed by atoms with E-state index < -0.39 is 57.8 Å². The van der Waals surface area contributed by atoms with Crippen LogP contribution in [-0.2, 0) is 42.2 Å². The lowest BCUT2D eigenvalue weighted by Gasteiger charge is -2.21. The Hall–Kier alpha value is -3.60. The third kappa shape index (κ3) is 55.2. The van der Waals surface area contributed by atoms with E-state index in [9.17, 15) is 28.9 Å². The summed E-state index contributed by atoms with van der Waals surface area (Å²) in [6, 6.07) is 0. The second-order valence-corrected chi connectivity index (χ2v) is 21.2. The maximum Gasteiger partial charge on any atom is 0.472 e. The Morgan fingerprint density at radius 3 is 1.07 bits per heavy atom. The van der Waals surface area contributed by atoms with Crippen LogP contribution in [0, 0.1) is 0 Å². The van der Waals surface area contributed by atoms with Crippen molar-refractivity contribution in [3.05, 3.63) is 97.2 Å². The molecule has 76 heavy (non-hydrogen) atoms. The van der Waals surface area contributed by atoms with Gasteiger partial charge in [-0.05, 0) is 96.3 Å². The minimum Gasteiger partial charge on any atom is -0.462 e. The molecule has 3 atom stereocenters. The molecular formula is C64H109O11P. The average molecular weight is 1090 g/mol. The molecule has 0 aromatic carbocycles. The number of aliphatic hydroxyl groups excluding tert-OH is 1. The first-order valence-corrected chi connectivity index (χ1v) is 31.6. The first-order valence-electron chi connectivity index (χ1n) is 30.1. The van der Waals surface area contributed by atoms with Gasteiger partial charge in [-0.15, -0.1) is 0 Å². The van der Waals surface area contributed by atoms with E-state index in [1.807, 2.05) is 0 Å². The molecule has 0 aromatic rings. The zero-order chi connectivity index (χ0) is 55.5. The van der Waals surface area contributed by atoms with Crippen molar-refractivity contribution in [1.82, 2.24) is 0 Å². The van der Waals surface area contributed by atoms with E-state index in [2.05, 4.69) is 118 Å². The smallest absolute Gasteiger partial charge is 0.462 e. The predicted octanol–water partition coefficient (Wildman–Crippen LogP) is 18.0. The summed E-state index contributed by atoms with van der Waals surface area (Å²) in [6.07, 6.45) is 67.9. The topological polar surface area (TPSA) is 155 Å². The van der Waals surface area contributed by atoms with Gasteiger partial charge < -0.3 is 24.2 Å². The van der Waals surface area contributed by atoms with Crippen LogP contribution in [0.3, 0.4) is 0 Å². The standard InChI is InChI=1S/C64H109O11P/c1-4-7-10-13-16-19-22-25-28-29-30-31-34-37-40-43-46-49-52-55-64(68)75-61(57-71-62(66)53-50-47-44-41-38-35-32-26-23-20-17-14-11-8-5-2)59-73-76(69,70)72-58-60(56-65)74-63(67)54-51-48-45-42-39-36-33-27-24-21-18-15-12-9-6-3/h7-8,10-11,16-17,19-20,25-26,28,30-32,37,40,60-61,65H,4-6,9,12-15,18,21-24,27,29,33-36,38-39,41-59H2,1-3H3,(H,69,70)/b10-7-,11-8-,19-16-,20-17-,28-25-,31-30-,32-26-,40-37-. The summed E-state index contributed by atoms with van der Waals surface area (Å²) in [7, 11) is -4.77. The van der Waals surface area contributed by atoms with Crippen molar-refractivity contribution in [3.8, 4) is 0 Å². The van der Waals surface area contributed by atoms with Crippen molar-refractivity contribution < 1.29 is 52.2 Å². The minimum atomic E-state index is -4.77. The summed E-state index contributed by atoms with van der Waals surface area (Å²) < 4.78 is 39.5. The number of ether oxygens (including phenoxy) is 3. The second kappa shape index (κ2) is 57.6. The van der Waals surface area contributed by atoms with Crippen LogP contribution >= 0.6 is 7.82 Å². The van der Waals surface area contributed by atoms with Crippen LogP contribution in [0.15, 0.2) is 97.2 Å². The SMILES string of the molecule is CC/C=C\C/C=C\C/C=C\C/C=C\C/C=C\CCCCCC(=O)OC(COC(=O)CCCCCCC/C=C\C/C=C\C/C=C\CC)COP(=O)(O)OCC(CO)OC(=O)CCCCCCCCCCCCCCCCC. The van der Waals surface area contributed by atoms with Crippen LogP contribution < -0.4 is 0 Å². The molecule has 0 fully saturated rings. The molecule has 0 radical (unpaired) electrons. The first kappa shape index (κ1) is 72.4. The zero-order valence-corrected chi connectivity index (χ0v) is 49.1. The van der Waals surface area contributed by atoms with E-state index in [4.69, 9.17) is 23.3 Å². The van der Waals surface area contributed by atoms with Crippen molar-refractivity contribution >= 4 is 25.7 Å². The Morgan fingerprint density at radius 1 is 0.382 bits per heavy atom. The highest BCUT2D eigenvalue weighted by Gasteiger charge is 2.28. The Balaban J connectivity index is 4.79. The molecule has 0 aromatic heterocycles. The largest absolute Gasteiger partial charge is 0.472 e. The fraction of sp³-hybridized carbons (Fsp3) is 0.703. The molecule has 0 amide bonds. The molecule has 2 N–H and O–H groups in total. The Kier molecular flexibility index (Phi) is 54.8. The number of aliphatic hydroxyl groups is 1. The lowest BCUT2D eigenvalue weighted by Crippen LogP contribution is -2.30. The Morgan fingerprint density at radius 2 is 0.684 bits per heavy atom. The summed E-state index contributed by atoms with van der Waals surface area (Å²) in [4.78, 5) is 48.6. The van der Waals surface area contributed by atoms with Crippen molar-refractivity contribution in [3.63, 3.8) is 0 Å². The number of esters is 3. The molecule has 0 aliphatic carbocycles. The van der Waals surface area contributed by atoms with Gasteiger partial charge in [0.05, 0.1) is 19.8 Å². The first-order chi connectivity index (χ1) is 37.2. The number of hydrogen-bond donors (Lipinski definition) is 2. The van der Waals surface area contributed by atoms with Crippen molar-refractivity contribution in [2.24, 2.45) is 0 Å². The van der Waals surface area contributed by atoms with E-state index >= 15 is 0 Å². The van der Waals surface area contributed by atoms with Gasteiger partial charge in [0.25, 0.3) is 0 Å². The number of unbranched alkanes of at least 4 members (excludes halogenated alkanes) is 22. The molecule has 0 rings (SSSR count). The van der Waals surface area contributed by atoms with Gasteiger partial charge in [-0.25, -0.2) is 4.57 Å². The van der Waals surface area contributed by atoms with E-state index in [1.165, 1.54) is 70.6 Å². The van der Waals surface area contributed by atoms with E-state index in [0.29, 0.717) is 19.3 Å². The minimum absolute atomic E-state index is 0.121. The molecule has 0 spiro atoms. The van der Waals surface area contributed by atoms with Gasteiger partial charge in [0.1, 0.15) is 12.7 Å². The molecule has 0 saturated carbocycles. The number of hydrogen-bond acceptors (Lipinski definition) is 10. The summed E-state index contributed by atoms with van der Waals surface area (Å²) in [5.74, 6) is -1.52. The van der Waals surface area contributed by atoms with E-state index in [0.717, 1.165) is 122 Å². The van der Waals surface area contributed by atoms with Crippen LogP contribution in [0.5, 0.6) is 0 Å². The highest BCUT2D eigenvalue weighted by molar-refractivity contribution is 7.47. The molecule has 0 heterocycles. The van der Waals surface area contributed by atoms with Gasteiger partial charge in [-0.2, -0.15) is 0 Å². The van der Waals surface area contributed by atoms with E-state index in [-0.39, 0.29) is 25.9 Å². The fourth-order valence-corrected chi connectivity index (χ4v) is 8.77. The highest BCUT2D eigenvalue weighted by Crippen LogP contribution is 2.43. The molecule has 12 heteroatoms. The molecule has 0 aliphatic rings. The highest BCUT2D eigenvalue weighted by atomic mass is 31.2. The Labute approximate surface area is 463 Å². The summed E-state index contributed by atoms with van der Waals surface area (Å²) >= 11 is 0. The molecule has 436 valence electrons. The quantitative estimate of drug-likeness (QED) is 0.0197. The van der Waals surface area contributed by atoms with Gasteiger partial charge in [0.15, 0.2) is 6.10 Å². The van der Waals surface area contributed by atoms with Gasteiger partial charge >= 0.3 is 25.7 Å². The molecule has 0 saturated heterocycles. The van der Waals surface area contributed by atoms with Crippen LogP contribution in [0.25, 0.3) is 0 Å². The van der Waals surface area contributed by atoms with Gasteiger partial charge in [-0.3, -0.25) is 23.4 Å². The van der Waals surface area contributed by atoms with Crippen LogP contribution in [0.4, 0.5) is 0 Å². The molecule has 0 bridgehead atoms. The maximum absolute atomic E-state index is 12.9. The third-order valence-electron chi connectivity index (χ3n) is 12.5. The van der Waals surface area contributed by atoms with Crippen molar-refractivity contribution in [1.29, 1.82) is 0 Å². The number of carbonyl (C=O) groups is 3. The predicted molar refractivity (Wildman–Crippen MR) is 316 cm³/mol. The third-order valence-corrected chi connectivity index (χ3v) is 13.5. The monoisotopic (exact) mass is 1080 g/mol. The molecular weight excluding hydrogens is 976 g/mol. The second-order valence-electron chi connectivity index (χ2n) is 19.8. The van der Waals surface area contributed by atoms with Crippen LogP contribution in [0.2, 0.25) is 0 Å². The lowest BCUT2D eigenvalue weighted by atomic mass is 10.0. The van der Waals surface area contributed by atoms with Crippen molar-refractivity contribution in [2.75, 3.05) is 26.4 Å². The van der Waals surface area contributed by atoms with Gasteiger partial charge in [-0.1, -0.05) is 234 Å². The summed E-state index contributed by atoms with van der Waals surface area (Å²) in [6.45, 7) is 4.38. The van der Waals surface area contributed by atoms with Crippen molar-refractivity contribution in [2.45, 2.75) is 264 Å². The van der Waals surface area contributed by atoms with Crippen LogP contribution in [0.1, 0.15) is 252 Å². The van der Waals surface area contributed by atoms with E-state index in [1.54, 1.807) is 0 Å². The summed E-state index contributed by atoms with van der Waals surface area (Å²) in [5.41, 5.74) is 0. The van der Waals surface area contributed by atoms with Gasteiger partial charge in [0.2, 0.25) is 0 Å². The maximum atomic E-state index is 12.9. The number of rotatable bonds is 55. The lowest BCUT2D eigenvalue weighted by molar-refractivity contribution is -0.161. The van der Waals surface area contributed by atoms with Gasteiger partial charge in [0, 0.05) is 19.3 Å². The van der Waals surface area contributed by atoms with Crippen LogP contribution in [-0.4, -0.2) is 66.5 Å².